The van der Waals surface area contributed by atoms with Gasteiger partial charge in [0.1, 0.15) is 11.5 Å². The molecule has 0 aromatic heterocycles. The highest BCUT2D eigenvalue weighted by Crippen LogP contribution is 2.44. The van der Waals surface area contributed by atoms with Gasteiger partial charge in [-0.05, 0) is 25.7 Å². The van der Waals surface area contributed by atoms with Crippen molar-refractivity contribution in [2.45, 2.75) is 64.9 Å². The SMILES string of the molecule is CCCCCC1(C(=O)O)CCCC1OC(C)=O. The zero-order valence-electron chi connectivity index (χ0n) is 10.7. The monoisotopic (exact) mass is 242 g/mol. The van der Waals surface area contributed by atoms with Crippen LogP contribution in [-0.2, 0) is 14.3 Å². The number of rotatable bonds is 6. The molecule has 4 heteroatoms. The van der Waals surface area contributed by atoms with Gasteiger partial charge in [0, 0.05) is 6.92 Å². The van der Waals surface area contributed by atoms with E-state index in [1.165, 1.54) is 6.92 Å². The van der Waals surface area contributed by atoms with Gasteiger partial charge in [-0.3, -0.25) is 9.59 Å². The second kappa shape index (κ2) is 6.03. The van der Waals surface area contributed by atoms with E-state index in [1.54, 1.807) is 0 Å². The topological polar surface area (TPSA) is 63.6 Å². The Hall–Kier alpha value is -1.06. The van der Waals surface area contributed by atoms with Crippen molar-refractivity contribution in [1.82, 2.24) is 0 Å². The molecule has 1 saturated carbocycles. The van der Waals surface area contributed by atoms with Crippen LogP contribution in [0.3, 0.4) is 0 Å². The van der Waals surface area contributed by atoms with Crippen molar-refractivity contribution in [2.75, 3.05) is 0 Å². The fraction of sp³-hybridized carbons (Fsp3) is 0.846. The number of ether oxygens (including phenoxy) is 1. The fourth-order valence-corrected chi connectivity index (χ4v) is 2.74. The third-order valence-electron chi connectivity index (χ3n) is 3.67. The Bertz CT molecular complexity index is 287. The molecule has 0 bridgehead atoms. The first kappa shape index (κ1) is 14.0. The molecule has 0 heterocycles. The summed E-state index contributed by atoms with van der Waals surface area (Å²) in [5.74, 6) is -1.18. The molecule has 17 heavy (non-hydrogen) atoms. The summed E-state index contributed by atoms with van der Waals surface area (Å²) in [4.78, 5) is 22.5. The van der Waals surface area contributed by atoms with Crippen LogP contribution in [0.25, 0.3) is 0 Å². The average molecular weight is 242 g/mol. The summed E-state index contributed by atoms with van der Waals surface area (Å²) in [5.41, 5.74) is -0.832. The molecule has 0 aromatic rings. The van der Waals surface area contributed by atoms with Crippen LogP contribution in [0, 0.1) is 5.41 Å². The van der Waals surface area contributed by atoms with Crippen LogP contribution in [0.1, 0.15) is 58.8 Å². The summed E-state index contributed by atoms with van der Waals surface area (Å²) in [6, 6.07) is 0. The molecule has 0 radical (unpaired) electrons. The number of carbonyl (C=O) groups excluding carboxylic acids is 1. The summed E-state index contributed by atoms with van der Waals surface area (Å²) in [5, 5.41) is 9.46. The van der Waals surface area contributed by atoms with Gasteiger partial charge in [-0.25, -0.2) is 0 Å². The normalized spacial score (nSPS) is 28.0. The van der Waals surface area contributed by atoms with E-state index in [-0.39, 0.29) is 5.97 Å². The van der Waals surface area contributed by atoms with E-state index in [4.69, 9.17) is 4.74 Å². The molecule has 1 aliphatic carbocycles. The molecule has 1 N–H and O–H groups in total. The number of hydrogen-bond acceptors (Lipinski definition) is 3. The highest BCUT2D eigenvalue weighted by molar-refractivity contribution is 5.77. The van der Waals surface area contributed by atoms with Crippen LogP contribution < -0.4 is 0 Å². The second-order valence-electron chi connectivity index (χ2n) is 4.91. The molecule has 0 spiro atoms. The Morgan fingerprint density at radius 3 is 2.65 bits per heavy atom. The van der Waals surface area contributed by atoms with Crippen molar-refractivity contribution < 1.29 is 19.4 Å². The first-order valence-electron chi connectivity index (χ1n) is 6.43. The maximum Gasteiger partial charge on any atom is 0.313 e. The number of carboxylic acids is 1. The van der Waals surface area contributed by atoms with Crippen LogP contribution >= 0.6 is 0 Å². The minimum absolute atomic E-state index is 0.377. The van der Waals surface area contributed by atoms with Gasteiger partial charge in [0.25, 0.3) is 0 Å². The van der Waals surface area contributed by atoms with Gasteiger partial charge in [-0.15, -0.1) is 0 Å². The van der Waals surface area contributed by atoms with Crippen LogP contribution in [-0.4, -0.2) is 23.1 Å². The Kier molecular flexibility index (Phi) is 4.97. The average Bonchev–Trinajstić information content (AvgIpc) is 2.62. The maximum absolute atomic E-state index is 11.5. The summed E-state index contributed by atoms with van der Waals surface area (Å²) in [6.45, 7) is 3.43. The molecule has 0 amide bonds. The first-order valence-corrected chi connectivity index (χ1v) is 6.43. The lowest BCUT2D eigenvalue weighted by molar-refractivity contribution is -0.165. The van der Waals surface area contributed by atoms with E-state index in [0.717, 1.165) is 25.7 Å². The maximum atomic E-state index is 11.5. The van der Waals surface area contributed by atoms with Gasteiger partial charge in [0.2, 0.25) is 0 Å². The predicted octanol–water partition coefficient (Wildman–Crippen LogP) is 2.75. The van der Waals surface area contributed by atoms with Gasteiger partial charge in [-0.1, -0.05) is 26.2 Å². The van der Waals surface area contributed by atoms with Gasteiger partial charge in [0.05, 0.1) is 0 Å². The van der Waals surface area contributed by atoms with Gasteiger partial charge in [-0.2, -0.15) is 0 Å². The van der Waals surface area contributed by atoms with Crippen LogP contribution in [0.4, 0.5) is 0 Å². The lowest BCUT2D eigenvalue weighted by Crippen LogP contribution is -2.40. The summed E-state index contributed by atoms with van der Waals surface area (Å²) >= 11 is 0. The van der Waals surface area contributed by atoms with Crippen molar-refractivity contribution in [2.24, 2.45) is 5.41 Å². The van der Waals surface area contributed by atoms with Crippen molar-refractivity contribution >= 4 is 11.9 Å². The number of esters is 1. The van der Waals surface area contributed by atoms with Gasteiger partial charge in [0.15, 0.2) is 0 Å². The highest BCUT2D eigenvalue weighted by Gasteiger charge is 2.50. The molecular weight excluding hydrogens is 220 g/mol. The van der Waals surface area contributed by atoms with E-state index in [1.807, 2.05) is 0 Å². The molecule has 0 saturated heterocycles. The predicted molar refractivity (Wildman–Crippen MR) is 63.6 cm³/mol. The molecule has 1 aliphatic rings. The lowest BCUT2D eigenvalue weighted by Gasteiger charge is -2.30. The molecule has 1 rings (SSSR count). The lowest BCUT2D eigenvalue weighted by atomic mass is 9.79. The van der Waals surface area contributed by atoms with Crippen molar-refractivity contribution in [3.05, 3.63) is 0 Å². The van der Waals surface area contributed by atoms with E-state index in [2.05, 4.69) is 6.92 Å². The van der Waals surface area contributed by atoms with Gasteiger partial charge >= 0.3 is 11.9 Å². The third-order valence-corrected chi connectivity index (χ3v) is 3.67. The van der Waals surface area contributed by atoms with Gasteiger partial charge < -0.3 is 9.84 Å². The zero-order chi connectivity index (χ0) is 12.9. The molecule has 0 aromatic carbocycles. The molecule has 1 fully saturated rings. The number of aliphatic carboxylic acids is 1. The Morgan fingerprint density at radius 2 is 2.12 bits per heavy atom. The van der Waals surface area contributed by atoms with E-state index in [0.29, 0.717) is 19.3 Å². The third kappa shape index (κ3) is 3.20. The summed E-state index contributed by atoms with van der Waals surface area (Å²) < 4.78 is 5.20. The molecule has 4 nitrogen and oxygen atoms in total. The number of carboxylic acid groups (broad SMARTS) is 1. The first-order chi connectivity index (χ1) is 8.03. The zero-order valence-corrected chi connectivity index (χ0v) is 10.7. The van der Waals surface area contributed by atoms with E-state index >= 15 is 0 Å². The molecular formula is C13H22O4. The van der Waals surface area contributed by atoms with Crippen molar-refractivity contribution in [3.8, 4) is 0 Å². The molecule has 0 aliphatic heterocycles. The fourth-order valence-electron chi connectivity index (χ4n) is 2.74. The molecule has 2 unspecified atom stereocenters. The molecule has 2 atom stereocenters. The summed E-state index contributed by atoms with van der Waals surface area (Å²) in [6.07, 6.45) is 5.30. The Morgan fingerprint density at radius 1 is 1.41 bits per heavy atom. The van der Waals surface area contributed by atoms with Crippen LogP contribution in [0.2, 0.25) is 0 Å². The van der Waals surface area contributed by atoms with E-state index < -0.39 is 17.5 Å². The Labute approximate surface area is 102 Å². The number of hydrogen-bond donors (Lipinski definition) is 1. The quantitative estimate of drug-likeness (QED) is 0.574. The largest absolute Gasteiger partial charge is 0.481 e. The second-order valence-corrected chi connectivity index (χ2v) is 4.91. The van der Waals surface area contributed by atoms with Crippen LogP contribution in [0.15, 0.2) is 0 Å². The Balaban J connectivity index is 2.73. The summed E-state index contributed by atoms with van der Waals surface area (Å²) in [7, 11) is 0. The van der Waals surface area contributed by atoms with Crippen molar-refractivity contribution in [1.29, 1.82) is 0 Å². The van der Waals surface area contributed by atoms with E-state index in [9.17, 15) is 14.7 Å². The van der Waals surface area contributed by atoms with Crippen LogP contribution in [0.5, 0.6) is 0 Å². The van der Waals surface area contributed by atoms with Crippen molar-refractivity contribution in [3.63, 3.8) is 0 Å². The minimum atomic E-state index is -0.832. The highest BCUT2D eigenvalue weighted by atomic mass is 16.5. The standard InChI is InChI=1S/C13H22O4/c1-3-4-5-8-13(12(15)16)9-6-7-11(13)17-10(2)14/h11H,3-9H2,1-2H3,(H,15,16). The number of carbonyl (C=O) groups is 2. The smallest absolute Gasteiger partial charge is 0.313 e. The minimum Gasteiger partial charge on any atom is -0.481 e. The molecule has 98 valence electrons. The number of unbranched alkanes of at least 4 members (excludes halogenated alkanes) is 2.